The lowest BCUT2D eigenvalue weighted by molar-refractivity contribution is -0.136. The fourth-order valence-electron chi connectivity index (χ4n) is 5.06. The van der Waals surface area contributed by atoms with Crippen LogP contribution in [0.4, 0.5) is 10.5 Å². The van der Waals surface area contributed by atoms with Gasteiger partial charge in [0, 0.05) is 19.3 Å². The molecule has 1 atom stereocenters. The quantitative estimate of drug-likeness (QED) is 0.541. The summed E-state index contributed by atoms with van der Waals surface area (Å²) in [6.45, 7) is 0.279. The number of hydrogen-bond donors (Lipinski definition) is 2. The molecule has 2 N–H and O–H groups in total. The largest absolute Gasteiger partial charge is 0.497 e. The molecule has 1 aliphatic heterocycles. The van der Waals surface area contributed by atoms with Crippen molar-refractivity contribution in [1.29, 1.82) is 0 Å². The Labute approximate surface area is 206 Å². The van der Waals surface area contributed by atoms with E-state index in [4.69, 9.17) is 4.74 Å². The van der Waals surface area contributed by atoms with E-state index in [0.29, 0.717) is 25.8 Å². The van der Waals surface area contributed by atoms with E-state index < -0.39 is 11.6 Å². The minimum Gasteiger partial charge on any atom is -0.497 e. The topological polar surface area (TPSA) is 91.0 Å². The Morgan fingerprint density at radius 1 is 1.09 bits per heavy atom. The van der Waals surface area contributed by atoms with Crippen LogP contribution in [0.3, 0.4) is 0 Å². The van der Waals surface area contributed by atoms with E-state index in [9.17, 15) is 14.4 Å². The first-order chi connectivity index (χ1) is 16.9. The third-order valence-electron chi connectivity index (χ3n) is 6.95. The molecule has 2 aromatic carbocycles. The summed E-state index contributed by atoms with van der Waals surface area (Å²) in [5.41, 5.74) is 1.26. The Morgan fingerprint density at radius 3 is 2.43 bits per heavy atom. The summed E-state index contributed by atoms with van der Waals surface area (Å²) in [6.07, 6.45) is 4.77. The van der Waals surface area contributed by atoms with E-state index >= 15 is 0 Å². The zero-order chi connectivity index (χ0) is 24.8. The molecule has 35 heavy (non-hydrogen) atoms. The summed E-state index contributed by atoms with van der Waals surface area (Å²) in [4.78, 5) is 41.8. The lowest BCUT2D eigenvalue weighted by atomic mass is 9.82. The van der Waals surface area contributed by atoms with Crippen LogP contribution in [0.15, 0.2) is 54.6 Å². The number of rotatable bonds is 9. The Morgan fingerprint density at radius 2 is 1.77 bits per heavy atom. The maximum atomic E-state index is 13.1. The van der Waals surface area contributed by atoms with Gasteiger partial charge in [0.15, 0.2) is 0 Å². The van der Waals surface area contributed by atoms with Crippen LogP contribution in [0.1, 0.15) is 37.7 Å². The molecule has 0 unspecified atom stereocenters. The second-order valence-electron chi connectivity index (χ2n) is 9.50. The SMILES string of the molecule is COc1ccc(N(C)C[C@H](Cc2ccccc2)NC(=O)CN2C(=O)NC3(CCCCC3)C2=O)cc1. The Kier molecular flexibility index (Phi) is 7.58. The van der Waals surface area contributed by atoms with E-state index in [-0.39, 0.29) is 24.4 Å². The molecule has 0 aromatic heterocycles. The van der Waals surface area contributed by atoms with Crippen LogP contribution in [0.2, 0.25) is 0 Å². The van der Waals surface area contributed by atoms with Crippen LogP contribution in [0.5, 0.6) is 5.75 Å². The van der Waals surface area contributed by atoms with Crippen LogP contribution in [-0.2, 0) is 16.0 Å². The van der Waals surface area contributed by atoms with Gasteiger partial charge < -0.3 is 20.3 Å². The van der Waals surface area contributed by atoms with Crippen molar-refractivity contribution in [1.82, 2.24) is 15.5 Å². The molecule has 2 aliphatic rings. The molecule has 2 aromatic rings. The predicted molar refractivity (Wildman–Crippen MR) is 134 cm³/mol. The van der Waals surface area contributed by atoms with Crippen molar-refractivity contribution in [2.45, 2.75) is 50.1 Å². The molecule has 2 fully saturated rings. The van der Waals surface area contributed by atoms with Crippen molar-refractivity contribution < 1.29 is 19.1 Å². The van der Waals surface area contributed by atoms with Crippen molar-refractivity contribution in [3.63, 3.8) is 0 Å². The number of imide groups is 1. The molecule has 1 aliphatic carbocycles. The van der Waals surface area contributed by atoms with Crippen LogP contribution < -0.4 is 20.3 Å². The Balaban J connectivity index is 1.43. The van der Waals surface area contributed by atoms with Gasteiger partial charge in [-0.1, -0.05) is 49.6 Å². The second kappa shape index (κ2) is 10.8. The number of hydrogen-bond acceptors (Lipinski definition) is 5. The number of amides is 4. The second-order valence-corrected chi connectivity index (χ2v) is 9.50. The van der Waals surface area contributed by atoms with Gasteiger partial charge >= 0.3 is 6.03 Å². The first-order valence-electron chi connectivity index (χ1n) is 12.2. The first-order valence-corrected chi connectivity index (χ1v) is 12.2. The molecule has 1 heterocycles. The molecule has 1 spiro atoms. The number of benzene rings is 2. The molecule has 4 rings (SSSR count). The minimum atomic E-state index is -0.826. The van der Waals surface area contributed by atoms with E-state index in [0.717, 1.165) is 41.2 Å². The molecule has 1 saturated carbocycles. The van der Waals surface area contributed by atoms with E-state index in [1.165, 1.54) is 0 Å². The Hall–Kier alpha value is -3.55. The molecular formula is C27H34N4O4. The number of nitrogens with zero attached hydrogens (tertiary/aromatic N) is 2. The maximum Gasteiger partial charge on any atom is 0.325 e. The molecule has 186 valence electrons. The fraction of sp³-hybridized carbons (Fsp3) is 0.444. The summed E-state index contributed by atoms with van der Waals surface area (Å²) in [6, 6.07) is 17.0. The normalized spacial score (nSPS) is 17.7. The van der Waals surface area contributed by atoms with Crippen LogP contribution in [0.25, 0.3) is 0 Å². The summed E-state index contributed by atoms with van der Waals surface area (Å²) in [5.74, 6) is 0.165. The molecular weight excluding hydrogens is 444 g/mol. The van der Waals surface area contributed by atoms with Gasteiger partial charge in [0.2, 0.25) is 5.91 Å². The zero-order valence-corrected chi connectivity index (χ0v) is 20.5. The van der Waals surface area contributed by atoms with Gasteiger partial charge in [-0.2, -0.15) is 0 Å². The van der Waals surface area contributed by atoms with Gasteiger partial charge in [-0.3, -0.25) is 14.5 Å². The van der Waals surface area contributed by atoms with Crippen molar-refractivity contribution in [2.24, 2.45) is 0 Å². The highest BCUT2D eigenvalue weighted by Gasteiger charge is 2.51. The first kappa shape index (κ1) is 24.6. The average molecular weight is 479 g/mol. The van der Waals surface area contributed by atoms with Crippen molar-refractivity contribution in [3.8, 4) is 5.75 Å². The van der Waals surface area contributed by atoms with Gasteiger partial charge in [0.05, 0.1) is 13.2 Å². The number of carbonyl (C=O) groups is 3. The van der Waals surface area contributed by atoms with E-state index in [1.54, 1.807) is 7.11 Å². The van der Waals surface area contributed by atoms with Crippen molar-refractivity contribution in [2.75, 3.05) is 32.1 Å². The number of nitrogens with one attached hydrogen (secondary N) is 2. The highest BCUT2D eigenvalue weighted by molar-refractivity contribution is 6.09. The molecule has 8 nitrogen and oxygen atoms in total. The Bertz CT molecular complexity index is 1030. The number of likely N-dealkylation sites (N-methyl/N-ethyl adjacent to an activating group) is 1. The fourth-order valence-corrected chi connectivity index (χ4v) is 5.06. The van der Waals surface area contributed by atoms with E-state index in [1.807, 2.05) is 61.6 Å². The molecule has 1 saturated heterocycles. The highest BCUT2D eigenvalue weighted by Crippen LogP contribution is 2.33. The lowest BCUT2D eigenvalue weighted by Gasteiger charge is -2.30. The number of carbonyl (C=O) groups excluding carboxylic acids is 3. The van der Waals surface area contributed by atoms with Crippen molar-refractivity contribution >= 4 is 23.5 Å². The van der Waals surface area contributed by atoms with Crippen LogP contribution in [0, 0.1) is 0 Å². The number of ether oxygens (including phenoxy) is 1. The van der Waals surface area contributed by atoms with Gasteiger partial charge in [-0.25, -0.2) is 4.79 Å². The number of anilines is 1. The summed E-state index contributed by atoms with van der Waals surface area (Å²) in [7, 11) is 3.60. The van der Waals surface area contributed by atoms with Crippen molar-refractivity contribution in [3.05, 3.63) is 60.2 Å². The van der Waals surface area contributed by atoms with Gasteiger partial charge in [-0.15, -0.1) is 0 Å². The zero-order valence-electron chi connectivity index (χ0n) is 20.5. The van der Waals surface area contributed by atoms with Crippen LogP contribution in [-0.4, -0.2) is 61.6 Å². The van der Waals surface area contributed by atoms with Gasteiger partial charge in [0.25, 0.3) is 5.91 Å². The third-order valence-corrected chi connectivity index (χ3v) is 6.95. The third kappa shape index (κ3) is 5.75. The number of methoxy groups -OCH3 is 1. The molecule has 4 amide bonds. The standard InChI is InChI=1S/C27H34N4O4/c1-30(22-11-13-23(35-2)14-12-22)18-21(17-20-9-5-3-6-10-20)28-24(32)19-31-25(33)27(29-26(31)34)15-7-4-8-16-27/h3,5-6,9-14,21H,4,7-8,15-19H2,1-2H3,(H,28,32)(H,29,34)/t21-/m0/s1. The molecule has 8 heteroatoms. The number of urea groups is 1. The highest BCUT2D eigenvalue weighted by atomic mass is 16.5. The average Bonchev–Trinajstić information content (AvgIpc) is 3.08. The van der Waals surface area contributed by atoms with Gasteiger partial charge in [0.1, 0.15) is 17.8 Å². The monoisotopic (exact) mass is 478 g/mol. The minimum absolute atomic E-state index is 0.221. The summed E-state index contributed by atoms with van der Waals surface area (Å²) in [5, 5.41) is 5.94. The molecule has 0 bridgehead atoms. The van der Waals surface area contributed by atoms with Gasteiger partial charge in [-0.05, 0) is 49.1 Å². The van der Waals surface area contributed by atoms with E-state index in [2.05, 4.69) is 15.5 Å². The predicted octanol–water partition coefficient (Wildman–Crippen LogP) is 3.11. The summed E-state index contributed by atoms with van der Waals surface area (Å²) >= 11 is 0. The maximum absolute atomic E-state index is 13.1. The van der Waals surface area contributed by atoms with Crippen LogP contribution >= 0.6 is 0 Å². The smallest absolute Gasteiger partial charge is 0.325 e. The lowest BCUT2D eigenvalue weighted by Crippen LogP contribution is -2.50. The molecule has 0 radical (unpaired) electrons. The summed E-state index contributed by atoms with van der Waals surface area (Å²) < 4.78 is 5.24.